The van der Waals surface area contributed by atoms with Crippen LogP contribution in [0.2, 0.25) is 0 Å². The van der Waals surface area contributed by atoms with Crippen LogP contribution in [0, 0.1) is 13.8 Å². The number of aryl methyl sites for hydroxylation is 2. The van der Waals surface area contributed by atoms with Crippen LogP contribution in [0.5, 0.6) is 11.5 Å². The second kappa shape index (κ2) is 10.8. The molecule has 0 spiro atoms. The molecule has 0 radical (unpaired) electrons. The van der Waals surface area contributed by atoms with Crippen LogP contribution in [-0.4, -0.2) is 30.1 Å². The fraction of sp³-hybridized carbons (Fsp3) is 0.250. The number of hydrazine groups is 1. The molecule has 0 heterocycles. The summed E-state index contributed by atoms with van der Waals surface area (Å²) in [6.45, 7) is 6.01. The van der Waals surface area contributed by atoms with E-state index >= 15 is 0 Å². The third-order valence-electron chi connectivity index (χ3n) is 3.79. The third kappa shape index (κ3) is 6.72. The predicted molar refractivity (Wildman–Crippen MR) is 118 cm³/mol. The Morgan fingerprint density at radius 1 is 1.07 bits per heavy atom. The molecule has 0 bridgehead atoms. The number of carbonyl (C=O) groups is 2. The molecule has 2 amide bonds. The van der Waals surface area contributed by atoms with E-state index in [4.69, 9.17) is 21.7 Å². The number of rotatable bonds is 6. The molecule has 2 aromatic carbocycles. The zero-order valence-electron chi connectivity index (χ0n) is 16.3. The lowest BCUT2D eigenvalue weighted by Crippen LogP contribution is -2.49. The maximum Gasteiger partial charge on any atom is 0.276 e. The van der Waals surface area contributed by atoms with Crippen LogP contribution in [-0.2, 0) is 4.79 Å². The van der Waals surface area contributed by atoms with Gasteiger partial charge in [-0.25, -0.2) is 0 Å². The van der Waals surface area contributed by atoms with Crippen molar-refractivity contribution in [3.8, 4) is 11.5 Å². The summed E-state index contributed by atoms with van der Waals surface area (Å²) in [4.78, 5) is 24.2. The lowest BCUT2D eigenvalue weighted by atomic mass is 10.1. The van der Waals surface area contributed by atoms with E-state index in [0.717, 1.165) is 11.1 Å². The van der Waals surface area contributed by atoms with Gasteiger partial charge in [-0.15, -0.1) is 0 Å². The van der Waals surface area contributed by atoms with Gasteiger partial charge in [0.1, 0.15) is 11.5 Å². The highest BCUT2D eigenvalue weighted by atomic mass is 79.9. The monoisotopic (exact) mass is 479 g/mol. The Morgan fingerprint density at radius 2 is 1.76 bits per heavy atom. The first-order valence-electron chi connectivity index (χ1n) is 8.83. The van der Waals surface area contributed by atoms with Gasteiger partial charge in [-0.2, -0.15) is 0 Å². The van der Waals surface area contributed by atoms with Crippen LogP contribution < -0.4 is 25.6 Å². The number of thiocarbonyl (C=S) groups is 1. The second-order valence-corrected chi connectivity index (χ2v) is 7.31. The normalized spacial score (nSPS) is 10.1. The highest BCUT2D eigenvalue weighted by molar-refractivity contribution is 9.10. The summed E-state index contributed by atoms with van der Waals surface area (Å²) in [7, 11) is 0. The van der Waals surface area contributed by atoms with E-state index in [-0.39, 0.29) is 11.7 Å². The molecule has 0 aliphatic carbocycles. The van der Waals surface area contributed by atoms with E-state index in [9.17, 15) is 9.59 Å². The van der Waals surface area contributed by atoms with Gasteiger partial charge in [-0.05, 0) is 78.2 Å². The Kier molecular flexibility index (Phi) is 8.41. The first-order chi connectivity index (χ1) is 13.8. The number of amides is 2. The number of hydrogen-bond acceptors (Lipinski definition) is 5. The predicted octanol–water partition coefficient (Wildman–Crippen LogP) is 3.18. The molecule has 0 aliphatic heterocycles. The maximum absolute atomic E-state index is 12.3. The molecule has 0 atom stereocenters. The van der Waals surface area contributed by atoms with Gasteiger partial charge in [0, 0.05) is 5.56 Å². The van der Waals surface area contributed by atoms with E-state index in [1.807, 2.05) is 39.0 Å². The topological polar surface area (TPSA) is 88.7 Å². The number of hydrogen-bond donors (Lipinski definition) is 3. The van der Waals surface area contributed by atoms with Crippen molar-refractivity contribution in [1.82, 2.24) is 16.2 Å². The summed E-state index contributed by atoms with van der Waals surface area (Å²) in [5.74, 6) is 0.445. The molecule has 0 aliphatic rings. The van der Waals surface area contributed by atoms with Crippen LogP contribution in [0.1, 0.15) is 28.4 Å². The summed E-state index contributed by atoms with van der Waals surface area (Å²) >= 11 is 8.39. The number of halogens is 1. The van der Waals surface area contributed by atoms with Gasteiger partial charge < -0.3 is 9.47 Å². The molecule has 0 saturated carbocycles. The van der Waals surface area contributed by atoms with Crippen molar-refractivity contribution in [2.24, 2.45) is 0 Å². The largest absolute Gasteiger partial charge is 0.493 e. The van der Waals surface area contributed by atoms with Gasteiger partial charge in [0.05, 0.1) is 11.1 Å². The lowest BCUT2D eigenvalue weighted by molar-refractivity contribution is -0.123. The molecule has 0 unspecified atom stereocenters. The summed E-state index contributed by atoms with van der Waals surface area (Å²) in [5.41, 5.74) is 7.13. The molecule has 0 aromatic heterocycles. The third-order valence-corrected chi connectivity index (χ3v) is 4.62. The van der Waals surface area contributed by atoms with Gasteiger partial charge in [-0.3, -0.25) is 25.8 Å². The molecule has 2 rings (SSSR count). The van der Waals surface area contributed by atoms with Crippen LogP contribution in [0.4, 0.5) is 0 Å². The van der Waals surface area contributed by atoms with Crippen molar-refractivity contribution < 1.29 is 19.1 Å². The minimum Gasteiger partial charge on any atom is -0.493 e. The summed E-state index contributed by atoms with van der Waals surface area (Å²) in [6.07, 6.45) is 0. The van der Waals surface area contributed by atoms with Gasteiger partial charge in [0.25, 0.3) is 11.8 Å². The van der Waals surface area contributed by atoms with Crippen LogP contribution in [0.15, 0.2) is 40.9 Å². The molecule has 7 nitrogen and oxygen atoms in total. The molecule has 9 heteroatoms. The minimum absolute atomic E-state index is 0.0413. The lowest BCUT2D eigenvalue weighted by Gasteiger charge is -2.14. The van der Waals surface area contributed by atoms with Crippen molar-refractivity contribution in [3.05, 3.63) is 57.6 Å². The van der Waals surface area contributed by atoms with Gasteiger partial charge in [0.2, 0.25) is 0 Å². The van der Waals surface area contributed by atoms with Crippen molar-refractivity contribution >= 4 is 45.1 Å². The minimum atomic E-state index is -0.437. The molecule has 0 fully saturated rings. The Bertz CT molecular complexity index is 900. The molecule has 0 saturated heterocycles. The maximum atomic E-state index is 12.3. The first kappa shape index (κ1) is 22.6. The average Bonchev–Trinajstić information content (AvgIpc) is 2.67. The number of nitrogens with one attached hydrogen (secondary N) is 3. The Hall–Kier alpha value is -2.65. The zero-order valence-corrected chi connectivity index (χ0v) is 18.7. The molecule has 2 aromatic rings. The average molecular weight is 480 g/mol. The molecule has 154 valence electrons. The highest BCUT2D eigenvalue weighted by Gasteiger charge is 2.12. The summed E-state index contributed by atoms with van der Waals surface area (Å²) in [6, 6.07) is 10.7. The fourth-order valence-electron chi connectivity index (χ4n) is 2.45. The van der Waals surface area contributed by atoms with E-state index in [2.05, 4.69) is 32.1 Å². The highest BCUT2D eigenvalue weighted by Crippen LogP contribution is 2.26. The van der Waals surface area contributed by atoms with Crippen LogP contribution in [0.3, 0.4) is 0 Å². The van der Waals surface area contributed by atoms with Crippen molar-refractivity contribution in [2.75, 3.05) is 13.2 Å². The quantitative estimate of drug-likeness (QED) is 0.435. The Labute approximate surface area is 183 Å². The van der Waals surface area contributed by atoms with Gasteiger partial charge >= 0.3 is 0 Å². The van der Waals surface area contributed by atoms with Crippen molar-refractivity contribution in [2.45, 2.75) is 20.8 Å². The van der Waals surface area contributed by atoms with E-state index in [0.29, 0.717) is 28.1 Å². The van der Waals surface area contributed by atoms with Gasteiger partial charge in [0.15, 0.2) is 11.7 Å². The van der Waals surface area contributed by atoms with E-state index < -0.39 is 11.8 Å². The standard InChI is InChI=1S/C20H22BrN3O4S/c1-4-27-16-9-8-14(10-15(16)21)19(26)22-20(29)24-23-17(25)11-28-18-12(2)6-5-7-13(18)3/h5-10H,4,11H2,1-3H3,(H,23,25)(H2,22,24,26,29). The number of ether oxygens (including phenoxy) is 2. The van der Waals surface area contributed by atoms with Crippen LogP contribution in [0.25, 0.3) is 0 Å². The van der Waals surface area contributed by atoms with Crippen molar-refractivity contribution in [3.63, 3.8) is 0 Å². The Balaban J connectivity index is 1.81. The van der Waals surface area contributed by atoms with Crippen LogP contribution >= 0.6 is 28.1 Å². The molecule has 29 heavy (non-hydrogen) atoms. The number of benzene rings is 2. The second-order valence-electron chi connectivity index (χ2n) is 6.04. The van der Waals surface area contributed by atoms with E-state index in [1.165, 1.54) is 0 Å². The molecular formula is C20H22BrN3O4S. The van der Waals surface area contributed by atoms with Crippen molar-refractivity contribution in [1.29, 1.82) is 0 Å². The molecular weight excluding hydrogens is 458 g/mol. The van der Waals surface area contributed by atoms with Gasteiger partial charge in [-0.1, -0.05) is 18.2 Å². The number of para-hydroxylation sites is 1. The fourth-order valence-corrected chi connectivity index (χ4v) is 3.09. The molecule has 3 N–H and O–H groups in total. The van der Waals surface area contributed by atoms with E-state index in [1.54, 1.807) is 18.2 Å². The number of carbonyl (C=O) groups excluding carboxylic acids is 2. The summed E-state index contributed by atoms with van der Waals surface area (Å²) in [5, 5.41) is 2.45. The summed E-state index contributed by atoms with van der Waals surface area (Å²) < 4.78 is 11.6. The SMILES string of the molecule is CCOc1ccc(C(=O)NC(=S)NNC(=O)COc2c(C)cccc2C)cc1Br. The smallest absolute Gasteiger partial charge is 0.276 e. The Morgan fingerprint density at radius 3 is 2.38 bits per heavy atom. The zero-order chi connectivity index (χ0) is 21.4. The first-order valence-corrected chi connectivity index (χ1v) is 10.0.